The van der Waals surface area contributed by atoms with Gasteiger partial charge in [-0.25, -0.2) is 0 Å². The molecule has 2 amide bonds. The second-order valence-corrected chi connectivity index (χ2v) is 8.56. The third-order valence-electron chi connectivity index (χ3n) is 6.05. The Morgan fingerprint density at radius 1 is 0.971 bits per heavy atom. The Balaban J connectivity index is 1.83. The number of carbonyl (C=O) groups excluding carboxylic acids is 2. The van der Waals surface area contributed by atoms with Gasteiger partial charge in [0.1, 0.15) is 11.5 Å². The van der Waals surface area contributed by atoms with E-state index in [1.807, 2.05) is 12.1 Å². The van der Waals surface area contributed by atoms with Crippen molar-refractivity contribution in [2.24, 2.45) is 5.92 Å². The first kappa shape index (κ1) is 25.4. The number of benzene rings is 2. The normalized spacial score (nSPS) is 13.9. The molecule has 0 unspecified atom stereocenters. The number of amides is 2. The number of nitrogens with zero attached hydrogens (tertiary/aromatic N) is 1. The molecule has 0 aliphatic carbocycles. The maximum atomic E-state index is 13.1. The van der Waals surface area contributed by atoms with E-state index in [1.54, 1.807) is 31.4 Å². The summed E-state index contributed by atoms with van der Waals surface area (Å²) >= 11 is 0. The average molecular weight is 470 g/mol. The van der Waals surface area contributed by atoms with Crippen molar-refractivity contribution in [3.8, 4) is 11.5 Å². The van der Waals surface area contributed by atoms with Crippen LogP contribution in [0.3, 0.4) is 0 Å². The zero-order chi connectivity index (χ0) is 24.5. The van der Waals surface area contributed by atoms with Crippen molar-refractivity contribution in [2.45, 2.75) is 26.2 Å². The van der Waals surface area contributed by atoms with Gasteiger partial charge in [0.2, 0.25) is 0 Å². The van der Waals surface area contributed by atoms with Crippen molar-refractivity contribution < 1.29 is 23.8 Å². The van der Waals surface area contributed by atoms with Gasteiger partial charge in [-0.15, -0.1) is 0 Å². The number of nitrogens with one attached hydrogen (secondary N) is 2. The Hall–Kier alpha value is -3.26. The number of piperidine rings is 1. The van der Waals surface area contributed by atoms with Gasteiger partial charge in [0.05, 0.1) is 19.8 Å². The number of rotatable bonds is 10. The Bertz CT molecular complexity index is 964. The molecule has 2 aromatic carbocycles. The highest BCUT2D eigenvalue weighted by atomic mass is 16.5. The third-order valence-corrected chi connectivity index (χ3v) is 6.05. The van der Waals surface area contributed by atoms with E-state index < -0.39 is 0 Å². The van der Waals surface area contributed by atoms with Crippen molar-refractivity contribution in [3.63, 3.8) is 0 Å². The van der Waals surface area contributed by atoms with E-state index in [2.05, 4.69) is 22.5 Å². The van der Waals surface area contributed by atoms with Gasteiger partial charge in [-0.2, -0.15) is 0 Å². The molecule has 0 saturated carbocycles. The van der Waals surface area contributed by atoms with Crippen LogP contribution in [0, 0.1) is 5.92 Å². The van der Waals surface area contributed by atoms with Crippen LogP contribution in [0.2, 0.25) is 0 Å². The van der Waals surface area contributed by atoms with Crippen molar-refractivity contribution in [2.75, 3.05) is 57.8 Å². The molecule has 8 heteroatoms. The minimum Gasteiger partial charge on any atom is -0.497 e. The van der Waals surface area contributed by atoms with E-state index >= 15 is 0 Å². The second-order valence-electron chi connectivity index (χ2n) is 8.56. The van der Waals surface area contributed by atoms with Crippen LogP contribution in [-0.4, -0.2) is 59.4 Å². The molecule has 0 spiro atoms. The molecule has 1 aliphatic heterocycles. The van der Waals surface area contributed by atoms with E-state index in [9.17, 15) is 9.59 Å². The summed E-state index contributed by atoms with van der Waals surface area (Å²) in [6, 6.07) is 10.5. The van der Waals surface area contributed by atoms with Crippen LogP contribution in [-0.2, 0) is 4.74 Å². The largest absolute Gasteiger partial charge is 0.497 e. The molecule has 3 rings (SSSR count). The van der Waals surface area contributed by atoms with E-state index in [0.717, 1.165) is 38.0 Å². The summed E-state index contributed by atoms with van der Waals surface area (Å²) in [4.78, 5) is 28.3. The van der Waals surface area contributed by atoms with Gasteiger partial charge in [0.15, 0.2) is 0 Å². The summed E-state index contributed by atoms with van der Waals surface area (Å²) in [5.74, 6) is 1.25. The molecule has 0 bridgehead atoms. The van der Waals surface area contributed by atoms with E-state index in [4.69, 9.17) is 14.2 Å². The lowest BCUT2D eigenvalue weighted by atomic mass is 9.97. The average Bonchev–Trinajstić information content (AvgIpc) is 2.86. The number of anilines is 2. The molecule has 8 nitrogen and oxygen atoms in total. The Morgan fingerprint density at radius 3 is 2.26 bits per heavy atom. The van der Waals surface area contributed by atoms with Crippen molar-refractivity contribution >= 4 is 23.2 Å². The highest BCUT2D eigenvalue weighted by Crippen LogP contribution is 2.29. The SMILES string of the molecule is COCCCNC(=O)c1cc(NC(=O)c2cc(OC)cc(OC)c2)ccc1N1CCC(C)CC1. The summed E-state index contributed by atoms with van der Waals surface area (Å²) < 4.78 is 15.6. The predicted molar refractivity (Wildman–Crippen MR) is 133 cm³/mol. The maximum absolute atomic E-state index is 13.1. The first-order valence-corrected chi connectivity index (χ1v) is 11.7. The number of hydrogen-bond acceptors (Lipinski definition) is 6. The summed E-state index contributed by atoms with van der Waals surface area (Å²) in [6.07, 6.45) is 2.91. The van der Waals surface area contributed by atoms with Crippen LogP contribution < -0.4 is 25.0 Å². The van der Waals surface area contributed by atoms with Gasteiger partial charge in [0.25, 0.3) is 11.8 Å². The molecule has 34 heavy (non-hydrogen) atoms. The molecule has 1 saturated heterocycles. The highest BCUT2D eigenvalue weighted by molar-refractivity contribution is 6.06. The first-order valence-electron chi connectivity index (χ1n) is 11.7. The van der Waals surface area contributed by atoms with Crippen LogP contribution >= 0.6 is 0 Å². The maximum Gasteiger partial charge on any atom is 0.255 e. The smallest absolute Gasteiger partial charge is 0.255 e. The lowest BCUT2D eigenvalue weighted by molar-refractivity contribution is 0.0947. The van der Waals surface area contributed by atoms with Gasteiger partial charge in [-0.05, 0) is 55.5 Å². The fourth-order valence-electron chi connectivity index (χ4n) is 3.98. The summed E-state index contributed by atoms with van der Waals surface area (Å²) in [7, 11) is 4.71. The standard InChI is InChI=1S/C26H35N3O5/c1-18-8-11-29(12-9-18)24-7-6-20(16-23(24)26(31)27-10-5-13-32-2)28-25(30)19-14-21(33-3)17-22(15-19)34-4/h6-7,14-18H,5,8-13H2,1-4H3,(H,27,31)(H,28,30). The summed E-state index contributed by atoms with van der Waals surface area (Å²) in [6.45, 7) is 5.16. The topological polar surface area (TPSA) is 89.1 Å². The van der Waals surface area contributed by atoms with Crippen LogP contribution in [0.25, 0.3) is 0 Å². The molecular formula is C26H35N3O5. The van der Waals surface area contributed by atoms with Crippen LogP contribution in [0.4, 0.5) is 11.4 Å². The number of methoxy groups -OCH3 is 3. The molecule has 1 aliphatic rings. The van der Waals surface area contributed by atoms with Gasteiger partial charge in [-0.1, -0.05) is 6.92 Å². The molecule has 184 valence electrons. The molecule has 1 fully saturated rings. The van der Waals surface area contributed by atoms with Crippen molar-refractivity contribution in [3.05, 3.63) is 47.5 Å². The minimum absolute atomic E-state index is 0.163. The lowest BCUT2D eigenvalue weighted by Crippen LogP contribution is -2.35. The van der Waals surface area contributed by atoms with Gasteiger partial charge < -0.3 is 29.7 Å². The quantitative estimate of drug-likeness (QED) is 0.512. The second kappa shape index (κ2) is 12.3. The number of ether oxygens (including phenoxy) is 3. The zero-order valence-electron chi connectivity index (χ0n) is 20.5. The van der Waals surface area contributed by atoms with E-state index in [-0.39, 0.29) is 11.8 Å². The predicted octanol–water partition coefficient (Wildman–Crippen LogP) is 3.96. The van der Waals surface area contributed by atoms with Gasteiger partial charge in [0, 0.05) is 56.4 Å². The third kappa shape index (κ3) is 6.63. The summed E-state index contributed by atoms with van der Waals surface area (Å²) in [5, 5.41) is 5.87. The molecule has 0 radical (unpaired) electrons. The Kier molecular flexibility index (Phi) is 9.16. The fourth-order valence-corrected chi connectivity index (χ4v) is 3.98. The molecule has 1 heterocycles. The lowest BCUT2D eigenvalue weighted by Gasteiger charge is -2.33. The first-order chi connectivity index (χ1) is 16.4. The monoisotopic (exact) mass is 469 g/mol. The Morgan fingerprint density at radius 2 is 1.65 bits per heavy atom. The molecule has 2 aromatic rings. The van der Waals surface area contributed by atoms with Crippen LogP contribution in [0.1, 0.15) is 46.9 Å². The van der Waals surface area contributed by atoms with Crippen LogP contribution in [0.5, 0.6) is 11.5 Å². The molecule has 0 atom stereocenters. The fraction of sp³-hybridized carbons (Fsp3) is 0.462. The zero-order valence-corrected chi connectivity index (χ0v) is 20.5. The highest BCUT2D eigenvalue weighted by Gasteiger charge is 2.22. The van der Waals surface area contributed by atoms with Crippen molar-refractivity contribution in [1.82, 2.24) is 5.32 Å². The van der Waals surface area contributed by atoms with Crippen molar-refractivity contribution in [1.29, 1.82) is 0 Å². The minimum atomic E-state index is -0.316. The van der Waals surface area contributed by atoms with E-state index in [0.29, 0.717) is 47.4 Å². The molecular weight excluding hydrogens is 434 g/mol. The number of hydrogen-bond donors (Lipinski definition) is 2. The molecule has 0 aromatic heterocycles. The number of carbonyl (C=O) groups is 2. The summed E-state index contributed by atoms with van der Waals surface area (Å²) in [5.41, 5.74) is 2.38. The van der Waals surface area contributed by atoms with Gasteiger partial charge in [-0.3, -0.25) is 9.59 Å². The van der Waals surface area contributed by atoms with E-state index in [1.165, 1.54) is 14.2 Å². The molecule has 2 N–H and O–H groups in total. The van der Waals surface area contributed by atoms with Gasteiger partial charge >= 0.3 is 0 Å². The Labute approximate surface area is 201 Å². The van der Waals surface area contributed by atoms with Crippen LogP contribution in [0.15, 0.2) is 36.4 Å².